The number of hydrogen-bond acceptors (Lipinski definition) is 15. The van der Waals surface area contributed by atoms with Gasteiger partial charge in [-0.15, -0.1) is 0 Å². The van der Waals surface area contributed by atoms with Crippen LogP contribution in [-0.2, 0) is 14.2 Å². The standard InChI is InChI=1S/C27H32O16/c28-7-17-19(33)21(35)23(37)26(42-17)40-15-5-10(30)4-14-11(15)6-16(25(39-14)9-1-2-12(31)13(32)3-9)41-27-24(38)22(36)20(34)18(8-29)43-27/h1-6,17-38H,7-8H2/p+1/t17-,18-,19-,20-,21+,22+,23-,24-,25?,26+,27+/m1/s1. The minimum Gasteiger partial charge on any atom is -0.571 e. The van der Waals surface area contributed by atoms with Crippen molar-refractivity contribution in [3.63, 3.8) is 0 Å². The summed E-state index contributed by atoms with van der Waals surface area (Å²) < 4.78 is 27.1. The number of benzene rings is 2. The van der Waals surface area contributed by atoms with Crippen molar-refractivity contribution in [2.45, 2.75) is 67.5 Å². The maximum atomic E-state index is 10.6. The summed E-state index contributed by atoms with van der Waals surface area (Å²) in [6.07, 6.45) is -16.0. The van der Waals surface area contributed by atoms with Crippen LogP contribution in [0.4, 0.5) is 0 Å². The van der Waals surface area contributed by atoms with E-state index in [0.29, 0.717) is 0 Å². The minimum absolute atomic E-state index is 0.0914. The lowest BCUT2D eigenvalue weighted by atomic mass is 9.98. The Bertz CT molecular complexity index is 1330. The average Bonchev–Trinajstić information content (AvgIpc) is 2.98. The van der Waals surface area contributed by atoms with Crippen LogP contribution in [0.3, 0.4) is 0 Å². The van der Waals surface area contributed by atoms with Crippen LogP contribution in [0.25, 0.3) is 6.08 Å². The van der Waals surface area contributed by atoms with Gasteiger partial charge in [0.2, 0.25) is 12.6 Å². The molecule has 0 aromatic heterocycles. The fourth-order valence-electron chi connectivity index (χ4n) is 5.01. The Hall–Kier alpha value is -3.42. The van der Waals surface area contributed by atoms with Gasteiger partial charge in [0, 0.05) is 12.1 Å². The zero-order valence-electron chi connectivity index (χ0n) is 22.2. The molecule has 12 N–H and O–H groups in total. The van der Waals surface area contributed by atoms with Gasteiger partial charge < -0.3 is 79.9 Å². The highest BCUT2D eigenvalue weighted by Crippen LogP contribution is 2.47. The van der Waals surface area contributed by atoms with Crippen molar-refractivity contribution in [3.05, 3.63) is 47.2 Å². The molecular weight excluding hydrogens is 580 g/mol. The van der Waals surface area contributed by atoms with Gasteiger partial charge in [-0.3, -0.25) is 0 Å². The molecule has 0 amide bonds. The molecule has 16 heteroatoms. The highest BCUT2D eigenvalue weighted by atomic mass is 16.7. The molecule has 3 aliphatic rings. The van der Waals surface area contributed by atoms with Crippen molar-refractivity contribution in [1.82, 2.24) is 0 Å². The summed E-state index contributed by atoms with van der Waals surface area (Å²) in [5.41, 5.74) is 0.380. The van der Waals surface area contributed by atoms with Crippen LogP contribution in [0.1, 0.15) is 17.2 Å². The first-order valence-electron chi connectivity index (χ1n) is 13.2. The number of aromatic hydroxyl groups is 4. The number of aliphatic hydroxyl groups excluding tert-OH is 8. The number of fused-ring (bicyclic) bond motifs is 1. The lowest BCUT2D eigenvalue weighted by molar-refractivity contribution is -0.295. The molecule has 3 heterocycles. The van der Waals surface area contributed by atoms with E-state index >= 15 is 0 Å². The van der Waals surface area contributed by atoms with E-state index in [1.165, 1.54) is 30.3 Å². The second-order valence-corrected chi connectivity index (χ2v) is 10.3. The summed E-state index contributed by atoms with van der Waals surface area (Å²) in [6.45, 7) is -1.43. The fraction of sp³-hybridized carbons (Fsp3) is 0.481. The first-order chi connectivity index (χ1) is 20.4. The predicted molar refractivity (Wildman–Crippen MR) is 140 cm³/mol. The van der Waals surface area contributed by atoms with Crippen molar-refractivity contribution >= 4 is 6.08 Å². The maximum absolute atomic E-state index is 10.6. The molecule has 2 aromatic rings. The minimum atomic E-state index is -1.79. The largest absolute Gasteiger partial charge is 0.571 e. The van der Waals surface area contributed by atoms with Gasteiger partial charge in [-0.1, -0.05) is 0 Å². The van der Waals surface area contributed by atoms with Crippen LogP contribution in [0.2, 0.25) is 0 Å². The average molecular weight is 614 g/mol. The molecule has 11 atom stereocenters. The molecule has 3 aliphatic heterocycles. The highest BCUT2D eigenvalue weighted by Gasteiger charge is 2.48. The summed E-state index contributed by atoms with van der Waals surface area (Å²) in [6, 6.07) is 6.17. The Kier molecular flexibility index (Phi) is 8.87. The van der Waals surface area contributed by atoms with E-state index in [2.05, 4.69) is 4.74 Å². The molecule has 2 aromatic carbocycles. The lowest BCUT2D eigenvalue weighted by Gasteiger charge is -2.40. The van der Waals surface area contributed by atoms with E-state index in [0.717, 1.165) is 6.07 Å². The zero-order chi connectivity index (χ0) is 31.2. The summed E-state index contributed by atoms with van der Waals surface area (Å²) >= 11 is 0. The van der Waals surface area contributed by atoms with Crippen molar-refractivity contribution in [2.24, 2.45) is 0 Å². The van der Waals surface area contributed by atoms with E-state index < -0.39 is 92.2 Å². The van der Waals surface area contributed by atoms with Crippen molar-refractivity contribution in [2.75, 3.05) is 13.2 Å². The Morgan fingerprint density at radius 2 is 1.26 bits per heavy atom. The third-order valence-corrected chi connectivity index (χ3v) is 7.44. The smallest absolute Gasteiger partial charge is 0.270 e. The number of hydrogen-bond donors (Lipinski definition) is 11. The molecule has 5 rings (SSSR count). The number of aliphatic hydroxyl groups is 9. The Labute approximate surface area is 243 Å². The first-order valence-corrected chi connectivity index (χ1v) is 13.2. The summed E-state index contributed by atoms with van der Waals surface area (Å²) in [7, 11) is 0. The van der Waals surface area contributed by atoms with Gasteiger partial charge in [0.05, 0.1) is 24.8 Å². The van der Waals surface area contributed by atoms with Crippen LogP contribution >= 0.6 is 0 Å². The van der Waals surface area contributed by atoms with Crippen LogP contribution < -0.4 is 4.74 Å². The summed E-state index contributed by atoms with van der Waals surface area (Å²) in [5.74, 6) is -1.42. The maximum Gasteiger partial charge on any atom is 0.270 e. The number of ether oxygens (including phenoxy) is 5. The molecule has 0 bridgehead atoms. The molecule has 0 aliphatic carbocycles. The van der Waals surface area contributed by atoms with E-state index in [-0.39, 0.29) is 34.1 Å². The molecule has 0 spiro atoms. The predicted octanol–water partition coefficient (Wildman–Crippen LogP) is -2.86. The quantitative estimate of drug-likeness (QED) is 0.111. The third kappa shape index (κ3) is 5.89. The first kappa shape index (κ1) is 31.0. The van der Waals surface area contributed by atoms with Gasteiger partial charge in [0.25, 0.3) is 11.9 Å². The summed E-state index contributed by atoms with van der Waals surface area (Å²) in [4.78, 5) is 0. The van der Waals surface area contributed by atoms with E-state index in [4.69, 9.17) is 18.9 Å². The van der Waals surface area contributed by atoms with E-state index in [1.54, 1.807) is 0 Å². The molecule has 43 heavy (non-hydrogen) atoms. The Balaban J connectivity index is 1.54. The third-order valence-electron chi connectivity index (χ3n) is 7.44. The van der Waals surface area contributed by atoms with Crippen LogP contribution in [0, 0.1) is 0 Å². The normalized spacial score (nSPS) is 35.8. The van der Waals surface area contributed by atoms with Gasteiger partial charge in [-0.2, -0.15) is 0 Å². The highest BCUT2D eigenvalue weighted by molar-refractivity contribution is 5.70. The van der Waals surface area contributed by atoms with Crippen LogP contribution in [-0.4, -0.2) is 136 Å². The molecule has 0 radical (unpaired) electrons. The second-order valence-electron chi connectivity index (χ2n) is 10.3. The van der Waals surface area contributed by atoms with Crippen molar-refractivity contribution < 1.29 is 79.9 Å². The monoisotopic (exact) mass is 613 g/mol. The molecule has 2 fully saturated rings. The van der Waals surface area contributed by atoms with Gasteiger partial charge in [-0.05, 0) is 18.2 Å². The lowest BCUT2D eigenvalue weighted by Crippen LogP contribution is -2.60. The topological polar surface area (TPSA) is 272 Å². The molecular formula is C27H33O16+. The Morgan fingerprint density at radius 1 is 0.674 bits per heavy atom. The zero-order valence-corrected chi connectivity index (χ0v) is 22.2. The number of rotatable bonds is 7. The molecule has 1 unspecified atom stereocenters. The van der Waals surface area contributed by atoms with Crippen molar-refractivity contribution in [3.8, 4) is 28.7 Å². The summed E-state index contributed by atoms with van der Waals surface area (Å²) in [5, 5.41) is 111. The molecule has 16 nitrogen and oxygen atoms in total. The second kappa shape index (κ2) is 12.3. The van der Waals surface area contributed by atoms with Gasteiger partial charge >= 0.3 is 0 Å². The van der Waals surface area contributed by atoms with Gasteiger partial charge in [0.15, 0.2) is 17.3 Å². The van der Waals surface area contributed by atoms with Gasteiger partial charge in [-0.25, -0.2) is 0 Å². The molecule has 0 saturated carbocycles. The molecule has 236 valence electrons. The van der Waals surface area contributed by atoms with E-state index in [1.807, 2.05) is 0 Å². The SMILES string of the molecule is OC[C@H]1O[C@H](OC2=Cc3c(O[C@H]4O[C@H](CO)[C@@H](O)[C@H](O)[C@H]4O)cc(O)cc3[OH+]C2c2ccc(O)c(O)c2)[C@H](O)[C@@H](O)[C@@H]1O. The Morgan fingerprint density at radius 3 is 1.81 bits per heavy atom. The van der Waals surface area contributed by atoms with Crippen LogP contribution in [0.5, 0.6) is 28.7 Å². The van der Waals surface area contributed by atoms with Gasteiger partial charge in [0.1, 0.15) is 65.9 Å². The fourth-order valence-corrected chi connectivity index (χ4v) is 5.01. The van der Waals surface area contributed by atoms with E-state index in [9.17, 15) is 56.2 Å². The number of phenols is 3. The van der Waals surface area contributed by atoms with Crippen LogP contribution in [0.15, 0.2) is 36.1 Å². The molecule has 2 saturated heterocycles. The number of phenolic OH excluding ortho intramolecular Hbond substituents is 3. The van der Waals surface area contributed by atoms with Crippen molar-refractivity contribution in [1.29, 1.82) is 0 Å².